The summed E-state index contributed by atoms with van der Waals surface area (Å²) in [6, 6.07) is 7.07. The maximum Gasteiger partial charge on any atom is 0.537 e. The second-order valence-electron chi connectivity index (χ2n) is 2.12. The van der Waals surface area contributed by atoms with Crippen LogP contribution in [0.3, 0.4) is 0 Å². The molecule has 0 amide bonds. The predicted octanol–water partition coefficient (Wildman–Crippen LogP) is 0.774. The minimum absolute atomic E-state index is 0.157. The van der Waals surface area contributed by atoms with E-state index in [-0.39, 0.29) is 5.30 Å². The van der Waals surface area contributed by atoms with Crippen molar-refractivity contribution in [3.63, 3.8) is 0 Å². The molecule has 1 N–H and O–H groups in total. The van der Waals surface area contributed by atoms with Gasteiger partial charge >= 0.3 is 7.52 Å². The average Bonchev–Trinajstić information content (AvgIpc) is 2.06. The molecule has 0 aliphatic heterocycles. The van der Waals surface area contributed by atoms with Crippen LogP contribution in [0, 0.1) is 10.1 Å². The Morgan fingerprint density at radius 1 is 1.33 bits per heavy atom. The summed E-state index contributed by atoms with van der Waals surface area (Å²) >= 11 is 0. The molecule has 0 radical (unpaired) electrons. The molecule has 1 aromatic rings. The Balaban J connectivity index is 3.16. The molecule has 0 fully saturated rings. The molecule has 0 bridgehead atoms. The molecule has 1 atom stereocenters. The minimum atomic E-state index is -4.39. The van der Waals surface area contributed by atoms with E-state index in [1.807, 2.05) is 0 Å². The molecule has 1 rings (SSSR count). The lowest BCUT2D eigenvalue weighted by atomic mass is 10.4. The Hall–Kier alpha value is -1.19. The van der Waals surface area contributed by atoms with E-state index in [9.17, 15) is 14.7 Å². The standard InChI is InChI=1S/C6H6NO4P/c8-7(9)12(10,11)6-4-2-1-3-5-6/h1-5H,(H,10,11). The van der Waals surface area contributed by atoms with E-state index in [0.717, 1.165) is 0 Å². The first-order chi connectivity index (χ1) is 5.55. The third-order valence-corrected chi connectivity index (χ3v) is 2.73. The smallest absolute Gasteiger partial charge is 0.287 e. The first-order valence-electron chi connectivity index (χ1n) is 3.08. The number of hydrogen-bond donors (Lipinski definition) is 1. The van der Waals surface area contributed by atoms with Gasteiger partial charge in [-0.25, -0.2) is 4.57 Å². The Labute approximate surface area is 68.3 Å². The zero-order valence-corrected chi connectivity index (χ0v) is 6.85. The lowest BCUT2D eigenvalue weighted by Gasteiger charge is -2.00. The van der Waals surface area contributed by atoms with Crippen LogP contribution in [-0.4, -0.2) is 9.59 Å². The first kappa shape index (κ1) is 8.90. The first-order valence-corrected chi connectivity index (χ1v) is 4.69. The number of benzene rings is 1. The maximum absolute atomic E-state index is 11.0. The quantitative estimate of drug-likeness (QED) is 0.421. The zero-order chi connectivity index (χ0) is 9.19. The van der Waals surface area contributed by atoms with Gasteiger partial charge in [-0.05, 0) is 12.1 Å². The normalized spacial score (nSPS) is 15.1. The van der Waals surface area contributed by atoms with Crippen molar-refractivity contribution in [3.8, 4) is 0 Å². The highest BCUT2D eigenvalue weighted by Gasteiger charge is 2.35. The second-order valence-corrected chi connectivity index (χ2v) is 4.05. The topological polar surface area (TPSA) is 80.4 Å². The number of hydrogen-bond acceptors (Lipinski definition) is 3. The molecular formula is C6H6NO4P. The molecule has 5 nitrogen and oxygen atoms in total. The molecule has 0 aliphatic carbocycles. The van der Waals surface area contributed by atoms with Crippen molar-refractivity contribution in [3.05, 3.63) is 40.4 Å². The largest absolute Gasteiger partial charge is 0.537 e. The van der Waals surface area contributed by atoms with Gasteiger partial charge in [0.2, 0.25) is 0 Å². The van der Waals surface area contributed by atoms with E-state index in [1.165, 1.54) is 24.3 Å². The van der Waals surface area contributed by atoms with E-state index < -0.39 is 12.2 Å². The van der Waals surface area contributed by atoms with Gasteiger partial charge in [0.05, 0.1) is 4.69 Å². The van der Waals surface area contributed by atoms with Gasteiger partial charge in [0, 0.05) is 0 Å². The van der Waals surface area contributed by atoms with E-state index in [2.05, 4.69) is 0 Å². The van der Waals surface area contributed by atoms with Crippen LogP contribution in [0.2, 0.25) is 0 Å². The van der Waals surface area contributed by atoms with Gasteiger partial charge in [-0.15, -0.1) is 0 Å². The Morgan fingerprint density at radius 3 is 2.25 bits per heavy atom. The summed E-state index contributed by atoms with van der Waals surface area (Å²) in [5.74, 6) is 0. The van der Waals surface area contributed by atoms with Gasteiger partial charge in [0.25, 0.3) is 0 Å². The predicted molar refractivity (Wildman–Crippen MR) is 42.9 cm³/mol. The summed E-state index contributed by atoms with van der Waals surface area (Å²) in [7, 11) is -4.39. The molecule has 6 heteroatoms. The highest BCUT2D eigenvalue weighted by molar-refractivity contribution is 7.59. The van der Waals surface area contributed by atoms with Crippen LogP contribution < -0.4 is 5.30 Å². The molecule has 0 saturated carbocycles. The highest BCUT2D eigenvalue weighted by atomic mass is 31.2. The monoisotopic (exact) mass is 187 g/mol. The summed E-state index contributed by atoms with van der Waals surface area (Å²) in [5, 5.41) is 9.96. The van der Waals surface area contributed by atoms with Gasteiger partial charge in [0.1, 0.15) is 5.30 Å². The number of nitrogens with zero attached hydrogens (tertiary/aromatic N) is 1. The van der Waals surface area contributed by atoms with Crippen molar-refractivity contribution < 1.29 is 14.2 Å². The van der Waals surface area contributed by atoms with Crippen LogP contribution in [0.5, 0.6) is 0 Å². The average molecular weight is 187 g/mol. The van der Waals surface area contributed by atoms with Crippen molar-refractivity contribution in [2.45, 2.75) is 0 Å². The van der Waals surface area contributed by atoms with Crippen molar-refractivity contribution in [2.24, 2.45) is 0 Å². The lowest BCUT2D eigenvalue weighted by molar-refractivity contribution is -0.323. The molecule has 64 valence electrons. The Kier molecular flexibility index (Phi) is 2.26. The van der Waals surface area contributed by atoms with Crippen LogP contribution in [0.15, 0.2) is 30.3 Å². The summed E-state index contributed by atoms with van der Waals surface area (Å²) in [4.78, 5) is 19.0. The Morgan fingerprint density at radius 2 is 1.83 bits per heavy atom. The molecule has 0 heterocycles. The molecule has 0 saturated heterocycles. The second kappa shape index (κ2) is 3.05. The van der Waals surface area contributed by atoms with Gasteiger partial charge in [0.15, 0.2) is 0 Å². The fraction of sp³-hybridized carbons (Fsp3) is 0. The van der Waals surface area contributed by atoms with E-state index >= 15 is 0 Å². The fourth-order valence-electron chi connectivity index (χ4n) is 0.716. The lowest BCUT2D eigenvalue weighted by Crippen LogP contribution is -2.09. The third kappa shape index (κ3) is 1.52. The molecule has 12 heavy (non-hydrogen) atoms. The molecule has 0 aliphatic rings. The minimum Gasteiger partial charge on any atom is -0.287 e. The summed E-state index contributed by atoms with van der Waals surface area (Å²) in [6.07, 6.45) is 0. The van der Waals surface area contributed by atoms with Gasteiger partial charge in [-0.3, -0.25) is 15.0 Å². The molecule has 0 spiro atoms. The van der Waals surface area contributed by atoms with Gasteiger partial charge in [-0.1, -0.05) is 18.2 Å². The zero-order valence-electron chi connectivity index (χ0n) is 5.95. The van der Waals surface area contributed by atoms with Crippen molar-refractivity contribution in [2.75, 3.05) is 0 Å². The maximum atomic E-state index is 11.0. The van der Waals surface area contributed by atoms with Crippen LogP contribution >= 0.6 is 7.52 Å². The number of nitro groups is 1. The third-order valence-electron chi connectivity index (χ3n) is 1.31. The van der Waals surface area contributed by atoms with Crippen molar-refractivity contribution in [1.29, 1.82) is 0 Å². The molecule has 0 aromatic heterocycles. The van der Waals surface area contributed by atoms with Crippen LogP contribution in [-0.2, 0) is 4.57 Å². The van der Waals surface area contributed by atoms with Gasteiger partial charge < -0.3 is 0 Å². The van der Waals surface area contributed by atoms with Gasteiger partial charge in [-0.2, -0.15) is 0 Å². The van der Waals surface area contributed by atoms with Crippen molar-refractivity contribution in [1.82, 2.24) is 0 Å². The number of rotatable bonds is 2. The molecule has 1 unspecified atom stereocenters. The Bertz CT molecular complexity index is 337. The van der Waals surface area contributed by atoms with Crippen molar-refractivity contribution >= 4 is 12.8 Å². The summed E-state index contributed by atoms with van der Waals surface area (Å²) < 4.78 is 9.81. The molecule has 1 aromatic carbocycles. The van der Waals surface area contributed by atoms with E-state index in [0.29, 0.717) is 0 Å². The van der Waals surface area contributed by atoms with E-state index in [4.69, 9.17) is 4.89 Å². The summed E-state index contributed by atoms with van der Waals surface area (Å²) in [5.41, 5.74) is 0. The molecular weight excluding hydrogens is 181 g/mol. The summed E-state index contributed by atoms with van der Waals surface area (Å²) in [6.45, 7) is 0. The highest BCUT2D eigenvalue weighted by Crippen LogP contribution is 2.38. The van der Waals surface area contributed by atoms with Crippen LogP contribution in [0.1, 0.15) is 0 Å². The van der Waals surface area contributed by atoms with Crippen LogP contribution in [0.4, 0.5) is 0 Å². The SMILES string of the molecule is O=[N+]([O-])P(=O)(O)c1ccccc1. The van der Waals surface area contributed by atoms with Crippen LogP contribution in [0.25, 0.3) is 0 Å². The van der Waals surface area contributed by atoms with E-state index in [1.54, 1.807) is 6.07 Å². The fourth-order valence-corrected chi connectivity index (χ4v) is 1.47.